The summed E-state index contributed by atoms with van der Waals surface area (Å²) in [4.78, 5) is 38.6. The van der Waals surface area contributed by atoms with Crippen LogP contribution in [-0.2, 0) is 14.8 Å². The lowest BCUT2D eigenvalue weighted by Crippen LogP contribution is -2.54. The van der Waals surface area contributed by atoms with E-state index in [2.05, 4.69) is 68.3 Å². The van der Waals surface area contributed by atoms with Crippen LogP contribution >= 0.6 is 0 Å². The van der Waals surface area contributed by atoms with Gasteiger partial charge in [0.25, 0.3) is 21.6 Å². The fourth-order valence-electron chi connectivity index (χ4n) is 12.0. The van der Waals surface area contributed by atoms with Gasteiger partial charge in [0.2, 0.25) is 0 Å². The number of nitro groups is 1. The van der Waals surface area contributed by atoms with Crippen LogP contribution in [0.25, 0.3) is 11.0 Å². The molecule has 2 aliphatic carbocycles. The van der Waals surface area contributed by atoms with Crippen LogP contribution in [0, 0.1) is 21.4 Å². The molecule has 1 amide bonds. The monoisotopic (exact) mass is 990 g/mol. The van der Waals surface area contributed by atoms with Crippen molar-refractivity contribution in [3.63, 3.8) is 0 Å². The first-order valence-electron chi connectivity index (χ1n) is 25.2. The Morgan fingerprint density at radius 3 is 2.54 bits per heavy atom. The molecule has 5 heterocycles. The number of anilines is 3. The third-order valence-electron chi connectivity index (χ3n) is 16.0. The lowest BCUT2D eigenvalue weighted by Gasteiger charge is -2.56. The molecule has 2 atom stereocenters. The maximum absolute atomic E-state index is 14.4. The quantitative estimate of drug-likeness (QED) is 0.0376. The van der Waals surface area contributed by atoms with Crippen LogP contribution in [0.2, 0.25) is 0 Å². The number of nitrogens with zero attached hydrogens (tertiary/aromatic N) is 4. The minimum atomic E-state index is -4.71. The number of hydrogen-bond acceptors (Lipinski definition) is 14. The van der Waals surface area contributed by atoms with Gasteiger partial charge >= 0.3 is 0 Å². The fraction of sp³-hybridized carbons (Fsp3) is 0.509. The van der Waals surface area contributed by atoms with E-state index in [9.17, 15) is 28.4 Å². The van der Waals surface area contributed by atoms with Crippen molar-refractivity contribution in [2.45, 2.75) is 120 Å². The molecule has 0 bridgehead atoms. The number of pyridine rings is 1. The molecule has 2 aromatic heterocycles. The second-order valence-corrected chi connectivity index (χ2v) is 22.8. The summed E-state index contributed by atoms with van der Waals surface area (Å²) in [7, 11) is -3.11. The number of aliphatic hydroxyl groups is 1. The number of ether oxygens (including phenoxy) is 3. The van der Waals surface area contributed by atoms with E-state index < -0.39 is 37.0 Å². The molecule has 10 rings (SSSR count). The van der Waals surface area contributed by atoms with Gasteiger partial charge < -0.3 is 39.8 Å². The first-order chi connectivity index (χ1) is 34.1. The average molecular weight is 991 g/mol. The molecule has 3 aromatic carbocycles. The van der Waals surface area contributed by atoms with Crippen LogP contribution in [-0.4, -0.2) is 103 Å². The molecule has 5 aliphatic rings. The second-order valence-electron chi connectivity index (χ2n) is 21.1. The molecule has 5 aromatic rings. The first kappa shape index (κ1) is 48.7. The lowest BCUT2D eigenvalue weighted by molar-refractivity contribution is -0.384. The number of nitro benzene ring substituents is 1. The van der Waals surface area contributed by atoms with Gasteiger partial charge in [0, 0.05) is 74.3 Å². The molecule has 378 valence electrons. The molecular weight excluding hydrogens is 925 g/mol. The number of sulfonamides is 1. The van der Waals surface area contributed by atoms with Crippen molar-refractivity contribution >= 4 is 49.8 Å². The van der Waals surface area contributed by atoms with E-state index in [1.807, 2.05) is 19.1 Å². The summed E-state index contributed by atoms with van der Waals surface area (Å²) in [5, 5.41) is 30.2. The van der Waals surface area contributed by atoms with Gasteiger partial charge in [-0.15, -0.1) is 0 Å². The molecule has 17 nitrogen and oxygen atoms in total. The van der Waals surface area contributed by atoms with Crippen LogP contribution in [0.15, 0.2) is 77.8 Å². The Hall–Kier alpha value is -5.95. The highest BCUT2D eigenvalue weighted by Gasteiger charge is 2.50. The van der Waals surface area contributed by atoms with E-state index >= 15 is 0 Å². The van der Waals surface area contributed by atoms with Gasteiger partial charge in [-0.25, -0.2) is 18.1 Å². The summed E-state index contributed by atoms with van der Waals surface area (Å²) in [6, 6.07) is 20.7. The molecule has 71 heavy (non-hydrogen) atoms. The highest BCUT2D eigenvalue weighted by Crippen LogP contribution is 2.54. The standard InChI is InChI=1S/C53H66N8O9S/c1-33(2)39-8-5-6-9-40(39)43-10-7-22-60(43)37-30-53(31-37)18-23-59(24-19-53)36-11-12-41(45(27-36)70-47-26-35-15-20-54-49(35)57-50(47)55-21-25-68-4)51(62)58-71(66,67)38-28-44(61(64)65)48-46(29-38)69-32-42(56-48)34-13-16-52(3,63)17-14-34/h5-6,8-9,11-12,15,20,26-29,33-34,37,42-43,56,63H,7,10,13-14,16-19,21-25,30-32H2,1-4H3,(H,58,62)(H2,54,55,57)/t34?,42-,43-,52?/m1/s1. The largest absolute Gasteiger partial charge is 0.489 e. The number of aromatic amines is 1. The minimum Gasteiger partial charge on any atom is -0.489 e. The van der Waals surface area contributed by atoms with Crippen LogP contribution in [0.4, 0.5) is 22.9 Å². The Balaban J connectivity index is 0.889. The minimum absolute atomic E-state index is 0.00556. The summed E-state index contributed by atoms with van der Waals surface area (Å²) in [6.07, 6.45) is 11.2. The highest BCUT2D eigenvalue weighted by molar-refractivity contribution is 7.90. The normalized spacial score (nSPS) is 23.5. The smallest absolute Gasteiger partial charge is 0.297 e. The van der Waals surface area contributed by atoms with Gasteiger partial charge in [0.15, 0.2) is 23.0 Å². The molecule has 0 unspecified atom stereocenters. The number of fused-ring (bicyclic) bond motifs is 2. The second kappa shape index (κ2) is 19.6. The number of benzene rings is 3. The Morgan fingerprint density at radius 2 is 1.79 bits per heavy atom. The van der Waals surface area contributed by atoms with E-state index in [4.69, 9.17) is 19.2 Å². The molecule has 5 N–H and O–H groups in total. The zero-order chi connectivity index (χ0) is 49.7. The van der Waals surface area contributed by atoms with E-state index in [-0.39, 0.29) is 46.7 Å². The van der Waals surface area contributed by atoms with Gasteiger partial charge in [-0.1, -0.05) is 38.1 Å². The summed E-state index contributed by atoms with van der Waals surface area (Å²) >= 11 is 0. The number of aromatic nitrogens is 2. The summed E-state index contributed by atoms with van der Waals surface area (Å²) in [5.41, 5.74) is 3.41. The SMILES string of the molecule is COCCNc1nc2[nH]ccc2cc1Oc1cc(N2CCC3(CC2)CC(N2CCC[C@@H]2c2ccccc2C(C)C)C3)ccc1C(=O)NS(=O)(=O)c1cc2c(c([N+](=O)[O-])c1)N[C@@H](C1CCC(C)(O)CC1)CO2. The number of nitrogens with one attached hydrogen (secondary N) is 4. The van der Waals surface area contributed by atoms with Gasteiger partial charge in [-0.3, -0.25) is 19.8 Å². The fourth-order valence-corrected chi connectivity index (χ4v) is 13.0. The van der Waals surface area contributed by atoms with Crippen molar-refractivity contribution in [1.82, 2.24) is 19.6 Å². The van der Waals surface area contributed by atoms with Gasteiger partial charge in [0.05, 0.1) is 33.6 Å². The van der Waals surface area contributed by atoms with Crippen molar-refractivity contribution in [3.05, 3.63) is 99.7 Å². The number of methoxy groups -OCH3 is 1. The Labute approximate surface area is 415 Å². The number of amides is 1. The van der Waals surface area contributed by atoms with Crippen molar-refractivity contribution < 1.29 is 37.5 Å². The van der Waals surface area contributed by atoms with Crippen molar-refractivity contribution in [1.29, 1.82) is 0 Å². The lowest BCUT2D eigenvalue weighted by atomic mass is 9.59. The third-order valence-corrected chi connectivity index (χ3v) is 17.3. The Kier molecular flexibility index (Phi) is 13.4. The number of rotatable bonds is 15. The van der Waals surface area contributed by atoms with E-state index in [1.165, 1.54) is 42.9 Å². The molecule has 0 radical (unpaired) electrons. The molecular formula is C53H66N8O9S. The number of carbonyl (C=O) groups is 1. The summed E-state index contributed by atoms with van der Waals surface area (Å²) < 4.78 is 48.4. The Bertz CT molecular complexity index is 2900. The number of likely N-dealkylation sites (tertiary alicyclic amines) is 1. The van der Waals surface area contributed by atoms with E-state index in [1.54, 1.807) is 31.5 Å². The summed E-state index contributed by atoms with van der Waals surface area (Å²) in [6.45, 7) is 10.1. The molecule has 2 saturated heterocycles. The molecule has 3 aliphatic heterocycles. The number of hydrogen-bond donors (Lipinski definition) is 5. The van der Waals surface area contributed by atoms with Crippen molar-refractivity contribution in [3.8, 4) is 17.2 Å². The number of carbonyl (C=O) groups excluding carboxylic acids is 1. The number of piperidine rings is 1. The first-order valence-corrected chi connectivity index (χ1v) is 26.7. The zero-order valence-electron chi connectivity index (χ0n) is 41.0. The average Bonchev–Trinajstić information content (AvgIpc) is 4.02. The third kappa shape index (κ3) is 10.00. The maximum Gasteiger partial charge on any atom is 0.297 e. The van der Waals surface area contributed by atoms with Crippen LogP contribution in [0.1, 0.15) is 118 Å². The van der Waals surface area contributed by atoms with E-state index in [0.29, 0.717) is 74.1 Å². The van der Waals surface area contributed by atoms with Crippen molar-refractivity contribution in [2.24, 2.45) is 11.3 Å². The van der Waals surface area contributed by atoms with E-state index in [0.717, 1.165) is 49.6 Å². The molecule has 4 fully saturated rings. The predicted octanol–water partition coefficient (Wildman–Crippen LogP) is 9.26. The topological polar surface area (TPSA) is 214 Å². The number of H-pyrrole nitrogens is 1. The molecule has 2 saturated carbocycles. The van der Waals surface area contributed by atoms with Crippen LogP contribution < -0.4 is 29.7 Å². The van der Waals surface area contributed by atoms with Gasteiger partial charge in [-0.05, 0) is 130 Å². The highest BCUT2D eigenvalue weighted by atomic mass is 32.2. The van der Waals surface area contributed by atoms with Crippen LogP contribution in [0.5, 0.6) is 17.2 Å². The zero-order valence-corrected chi connectivity index (χ0v) is 41.9. The predicted molar refractivity (Wildman–Crippen MR) is 272 cm³/mol. The maximum atomic E-state index is 14.4. The van der Waals surface area contributed by atoms with Gasteiger partial charge in [-0.2, -0.15) is 0 Å². The molecule has 1 spiro atoms. The Morgan fingerprint density at radius 1 is 1.01 bits per heavy atom. The van der Waals surface area contributed by atoms with Crippen molar-refractivity contribution in [2.75, 3.05) is 62.0 Å². The molecule has 18 heteroatoms. The van der Waals surface area contributed by atoms with Crippen LogP contribution in [0.3, 0.4) is 0 Å². The summed E-state index contributed by atoms with van der Waals surface area (Å²) in [5.74, 6) is 0.387. The van der Waals surface area contributed by atoms with Gasteiger partial charge in [0.1, 0.15) is 18.0 Å².